The third-order valence-corrected chi connectivity index (χ3v) is 5.81. The molecule has 0 bridgehead atoms. The van der Waals surface area contributed by atoms with Gasteiger partial charge in [0.15, 0.2) is 5.16 Å². The topological polar surface area (TPSA) is 81.5 Å². The Morgan fingerprint density at radius 2 is 1.90 bits per heavy atom. The van der Waals surface area contributed by atoms with E-state index in [4.69, 9.17) is 9.47 Å². The first-order valence-electron chi connectivity index (χ1n) is 9.51. The Morgan fingerprint density at radius 1 is 1.10 bits per heavy atom. The van der Waals surface area contributed by atoms with Gasteiger partial charge in [0.2, 0.25) is 11.9 Å². The number of hydrogen-bond acceptors (Lipinski definition) is 7. The van der Waals surface area contributed by atoms with Crippen LogP contribution >= 0.6 is 11.8 Å². The summed E-state index contributed by atoms with van der Waals surface area (Å²) in [6, 6.07) is 13.6. The second-order valence-corrected chi connectivity index (χ2v) is 7.77. The van der Waals surface area contributed by atoms with Crippen LogP contribution in [-0.2, 0) is 11.3 Å². The van der Waals surface area contributed by atoms with Crippen LogP contribution in [0.2, 0.25) is 0 Å². The van der Waals surface area contributed by atoms with Gasteiger partial charge in [0.25, 0.3) is 0 Å². The molecular weight excluding hydrogens is 402 g/mol. The van der Waals surface area contributed by atoms with Crippen molar-refractivity contribution in [3.05, 3.63) is 48.0 Å². The van der Waals surface area contributed by atoms with Crippen molar-refractivity contribution >= 4 is 35.0 Å². The van der Waals surface area contributed by atoms with Crippen molar-refractivity contribution in [2.45, 2.75) is 18.6 Å². The quantitative estimate of drug-likeness (QED) is 0.580. The maximum atomic E-state index is 12.5. The number of hydrogen-bond donors (Lipinski definition) is 1. The van der Waals surface area contributed by atoms with Crippen LogP contribution in [0, 0.1) is 6.92 Å². The van der Waals surface area contributed by atoms with Crippen LogP contribution in [0.5, 0.6) is 11.5 Å². The van der Waals surface area contributed by atoms with Crippen molar-refractivity contribution in [3.63, 3.8) is 0 Å². The predicted molar refractivity (Wildman–Crippen MR) is 117 cm³/mol. The van der Waals surface area contributed by atoms with Crippen molar-refractivity contribution < 1.29 is 14.3 Å². The minimum absolute atomic E-state index is 0.155. The van der Waals surface area contributed by atoms with Gasteiger partial charge in [0.1, 0.15) is 11.5 Å². The lowest BCUT2D eigenvalue weighted by Gasteiger charge is -2.15. The first-order valence-corrected chi connectivity index (χ1v) is 10.5. The van der Waals surface area contributed by atoms with Crippen LogP contribution in [0.3, 0.4) is 0 Å². The number of nitrogens with one attached hydrogen (secondary N) is 1. The molecule has 0 spiro atoms. The number of amides is 1. The molecule has 0 fully saturated rings. The SMILES string of the molecule is COc1ccc(OC)c(NC(=O)CSc2nnc3n2CCN3c2ccc(C)cc2)c1. The fourth-order valence-electron chi connectivity index (χ4n) is 3.28. The van der Waals surface area contributed by atoms with Gasteiger partial charge in [-0.1, -0.05) is 29.5 Å². The lowest BCUT2D eigenvalue weighted by molar-refractivity contribution is -0.113. The van der Waals surface area contributed by atoms with Crippen LogP contribution in [0.15, 0.2) is 47.6 Å². The molecule has 1 aromatic heterocycles. The number of anilines is 3. The molecule has 0 radical (unpaired) electrons. The van der Waals surface area contributed by atoms with Gasteiger partial charge in [0, 0.05) is 24.8 Å². The molecule has 30 heavy (non-hydrogen) atoms. The highest BCUT2D eigenvalue weighted by molar-refractivity contribution is 7.99. The van der Waals surface area contributed by atoms with Crippen LogP contribution < -0.4 is 19.7 Å². The van der Waals surface area contributed by atoms with Gasteiger partial charge < -0.3 is 19.7 Å². The largest absolute Gasteiger partial charge is 0.497 e. The number of benzene rings is 2. The summed E-state index contributed by atoms with van der Waals surface area (Å²) < 4.78 is 12.6. The molecule has 1 aliphatic heterocycles. The lowest BCUT2D eigenvalue weighted by atomic mass is 10.2. The number of thioether (sulfide) groups is 1. The summed E-state index contributed by atoms with van der Waals surface area (Å²) >= 11 is 1.36. The number of ether oxygens (including phenoxy) is 2. The molecule has 1 aliphatic rings. The molecule has 156 valence electrons. The van der Waals surface area contributed by atoms with E-state index in [1.165, 1.54) is 17.3 Å². The normalized spacial score (nSPS) is 12.6. The minimum atomic E-state index is -0.155. The number of aryl methyl sites for hydroxylation is 1. The Hall–Kier alpha value is -3.20. The van der Waals surface area contributed by atoms with Crippen molar-refractivity contribution in [1.29, 1.82) is 0 Å². The highest BCUT2D eigenvalue weighted by atomic mass is 32.2. The molecule has 1 amide bonds. The highest BCUT2D eigenvalue weighted by Crippen LogP contribution is 2.33. The average molecular weight is 426 g/mol. The molecule has 4 rings (SSSR count). The molecule has 2 heterocycles. The highest BCUT2D eigenvalue weighted by Gasteiger charge is 2.26. The van der Waals surface area contributed by atoms with Gasteiger partial charge in [-0.05, 0) is 31.2 Å². The maximum absolute atomic E-state index is 12.5. The predicted octanol–water partition coefficient (Wildman–Crippen LogP) is 3.49. The molecule has 8 nitrogen and oxygen atoms in total. The number of carbonyl (C=O) groups excluding carboxylic acids is 1. The summed E-state index contributed by atoms with van der Waals surface area (Å²) in [6.07, 6.45) is 0. The zero-order valence-corrected chi connectivity index (χ0v) is 17.9. The van der Waals surface area contributed by atoms with Gasteiger partial charge in [-0.2, -0.15) is 0 Å². The molecule has 1 N–H and O–H groups in total. The molecule has 0 saturated carbocycles. The summed E-state index contributed by atoms with van der Waals surface area (Å²) in [5, 5.41) is 12.2. The zero-order valence-electron chi connectivity index (χ0n) is 17.1. The Balaban J connectivity index is 1.42. The molecule has 0 aliphatic carbocycles. The third-order valence-electron chi connectivity index (χ3n) is 4.84. The smallest absolute Gasteiger partial charge is 0.234 e. The van der Waals surface area contributed by atoms with E-state index in [1.54, 1.807) is 32.4 Å². The molecule has 2 aromatic carbocycles. The van der Waals surface area contributed by atoms with Crippen molar-refractivity contribution in [3.8, 4) is 11.5 Å². The van der Waals surface area contributed by atoms with Gasteiger partial charge in [-0.15, -0.1) is 10.2 Å². The van der Waals surface area contributed by atoms with E-state index < -0.39 is 0 Å². The number of fused-ring (bicyclic) bond motifs is 1. The summed E-state index contributed by atoms with van der Waals surface area (Å²) in [5.74, 6) is 2.08. The summed E-state index contributed by atoms with van der Waals surface area (Å²) in [4.78, 5) is 14.6. The van der Waals surface area contributed by atoms with Crippen molar-refractivity contribution in [2.75, 3.05) is 36.7 Å². The Morgan fingerprint density at radius 3 is 2.63 bits per heavy atom. The number of aromatic nitrogens is 3. The number of rotatable bonds is 7. The Bertz CT molecular complexity index is 1050. The van der Waals surface area contributed by atoms with Crippen molar-refractivity contribution in [2.24, 2.45) is 0 Å². The monoisotopic (exact) mass is 425 g/mol. The van der Waals surface area contributed by atoms with Gasteiger partial charge in [0.05, 0.1) is 25.7 Å². The second kappa shape index (κ2) is 8.66. The fraction of sp³-hybridized carbons (Fsp3) is 0.286. The van der Waals surface area contributed by atoms with Gasteiger partial charge in [-0.25, -0.2) is 0 Å². The number of methoxy groups -OCH3 is 2. The first-order chi connectivity index (χ1) is 14.6. The fourth-order valence-corrected chi connectivity index (χ4v) is 4.04. The van der Waals surface area contributed by atoms with E-state index in [2.05, 4.69) is 51.6 Å². The molecule has 0 atom stereocenters. The minimum Gasteiger partial charge on any atom is -0.497 e. The third kappa shape index (κ3) is 4.06. The first kappa shape index (κ1) is 20.1. The zero-order chi connectivity index (χ0) is 21.1. The number of carbonyl (C=O) groups is 1. The standard InChI is InChI=1S/C21H23N5O3S/c1-14-4-6-15(7-5-14)25-10-11-26-20(25)23-24-21(26)30-13-19(27)22-17-12-16(28-2)8-9-18(17)29-3/h4-9,12H,10-11,13H2,1-3H3,(H,22,27). The van der Waals surface area contributed by atoms with E-state index in [1.807, 2.05) is 4.57 Å². The van der Waals surface area contributed by atoms with E-state index in [9.17, 15) is 4.79 Å². The molecule has 3 aromatic rings. The Kier molecular flexibility index (Phi) is 5.80. The summed E-state index contributed by atoms with van der Waals surface area (Å²) in [7, 11) is 3.14. The van der Waals surface area contributed by atoms with E-state index in [0.717, 1.165) is 29.9 Å². The van der Waals surface area contributed by atoms with Crippen LogP contribution in [-0.4, -0.2) is 47.2 Å². The average Bonchev–Trinajstić information content (AvgIpc) is 3.35. The molecular formula is C21H23N5O3S. The van der Waals surface area contributed by atoms with Gasteiger partial charge >= 0.3 is 0 Å². The van der Waals surface area contributed by atoms with Crippen LogP contribution in [0.1, 0.15) is 5.56 Å². The number of nitrogens with zero attached hydrogens (tertiary/aromatic N) is 4. The second-order valence-electron chi connectivity index (χ2n) is 6.82. The van der Waals surface area contributed by atoms with E-state index in [0.29, 0.717) is 17.2 Å². The molecule has 0 saturated heterocycles. The summed E-state index contributed by atoms with van der Waals surface area (Å²) in [5.41, 5.74) is 2.87. The van der Waals surface area contributed by atoms with Crippen LogP contribution in [0.25, 0.3) is 0 Å². The molecule has 0 unspecified atom stereocenters. The van der Waals surface area contributed by atoms with E-state index >= 15 is 0 Å². The summed E-state index contributed by atoms with van der Waals surface area (Å²) in [6.45, 7) is 3.68. The van der Waals surface area contributed by atoms with Gasteiger partial charge in [-0.3, -0.25) is 9.36 Å². The Labute approximate surface area is 179 Å². The lowest BCUT2D eigenvalue weighted by Crippen LogP contribution is -2.15. The van der Waals surface area contributed by atoms with E-state index in [-0.39, 0.29) is 11.7 Å². The van der Waals surface area contributed by atoms with Crippen molar-refractivity contribution in [1.82, 2.24) is 14.8 Å². The molecule has 9 heteroatoms. The van der Waals surface area contributed by atoms with Crippen LogP contribution in [0.4, 0.5) is 17.3 Å². The maximum Gasteiger partial charge on any atom is 0.234 e.